The predicted octanol–water partition coefficient (Wildman–Crippen LogP) is 3.52. The molecule has 20 heavy (non-hydrogen) atoms. The van der Waals surface area contributed by atoms with Crippen LogP contribution in [0.15, 0.2) is 36.4 Å². The van der Waals surface area contributed by atoms with Crippen LogP contribution < -0.4 is 9.47 Å². The molecule has 2 aromatic carbocycles. The Labute approximate surface area is 120 Å². The van der Waals surface area contributed by atoms with Crippen LogP contribution in [-0.4, -0.2) is 19.9 Å². The van der Waals surface area contributed by atoms with Crippen molar-refractivity contribution >= 4 is 17.6 Å². The van der Waals surface area contributed by atoms with Gasteiger partial charge >= 0.3 is 5.97 Å². The first kappa shape index (κ1) is 12.8. The molecule has 1 aliphatic heterocycles. The Kier molecular flexibility index (Phi) is 3.24. The summed E-state index contributed by atoms with van der Waals surface area (Å²) < 4.78 is 15.6. The van der Waals surface area contributed by atoms with E-state index in [1.54, 1.807) is 18.2 Å². The molecule has 0 atom stereocenters. The third kappa shape index (κ3) is 2.08. The van der Waals surface area contributed by atoms with Gasteiger partial charge in [-0.3, -0.25) is 0 Å². The zero-order valence-corrected chi connectivity index (χ0v) is 11.4. The molecule has 102 valence electrons. The maximum atomic E-state index is 11.9. The first-order chi connectivity index (χ1) is 9.70. The highest BCUT2D eigenvalue weighted by Gasteiger charge is 2.22. The molecule has 0 unspecified atom stereocenters. The molecule has 0 saturated carbocycles. The van der Waals surface area contributed by atoms with Gasteiger partial charge in [-0.2, -0.15) is 0 Å². The minimum Gasteiger partial charge on any atom is -0.465 e. The third-order valence-electron chi connectivity index (χ3n) is 3.07. The number of carbonyl (C=O) groups is 1. The van der Waals surface area contributed by atoms with Crippen LogP contribution in [-0.2, 0) is 4.74 Å². The summed E-state index contributed by atoms with van der Waals surface area (Å²) in [6, 6.07) is 10.5. The van der Waals surface area contributed by atoms with E-state index in [4.69, 9.17) is 25.8 Å². The lowest BCUT2D eigenvalue weighted by molar-refractivity contribution is 0.0601. The van der Waals surface area contributed by atoms with Gasteiger partial charge in [0.25, 0.3) is 0 Å². The fourth-order valence-electron chi connectivity index (χ4n) is 2.17. The molecule has 0 N–H and O–H groups in total. The predicted molar refractivity (Wildman–Crippen MR) is 74.4 cm³/mol. The Morgan fingerprint density at radius 1 is 1.20 bits per heavy atom. The van der Waals surface area contributed by atoms with E-state index in [1.165, 1.54) is 7.11 Å². The van der Waals surface area contributed by atoms with E-state index in [9.17, 15) is 4.79 Å². The lowest BCUT2D eigenvalue weighted by Gasteiger charge is -2.11. The second-order valence-corrected chi connectivity index (χ2v) is 4.66. The molecule has 0 aromatic heterocycles. The van der Waals surface area contributed by atoms with Crippen molar-refractivity contribution < 1.29 is 19.0 Å². The molecule has 0 saturated heterocycles. The summed E-state index contributed by atoms with van der Waals surface area (Å²) in [4.78, 5) is 11.9. The number of hydrogen-bond donors (Lipinski definition) is 0. The molecule has 0 amide bonds. The van der Waals surface area contributed by atoms with Crippen molar-refractivity contribution in [1.29, 1.82) is 0 Å². The van der Waals surface area contributed by atoms with Crippen LogP contribution >= 0.6 is 11.6 Å². The maximum Gasteiger partial charge on any atom is 0.338 e. The van der Waals surface area contributed by atoms with Crippen molar-refractivity contribution in [2.45, 2.75) is 0 Å². The van der Waals surface area contributed by atoms with Gasteiger partial charge in [0.05, 0.1) is 12.7 Å². The fraction of sp³-hybridized carbons (Fsp3) is 0.133. The van der Waals surface area contributed by atoms with Gasteiger partial charge in [0.2, 0.25) is 6.79 Å². The molecule has 1 heterocycles. The van der Waals surface area contributed by atoms with Crippen LogP contribution in [0.1, 0.15) is 10.4 Å². The van der Waals surface area contributed by atoms with Gasteiger partial charge in [0, 0.05) is 16.1 Å². The number of carbonyl (C=O) groups excluding carboxylic acids is 1. The van der Waals surface area contributed by atoms with Gasteiger partial charge in [0.15, 0.2) is 11.5 Å². The first-order valence-corrected chi connectivity index (χ1v) is 6.35. The molecule has 3 rings (SSSR count). The molecule has 5 heteroatoms. The normalized spacial score (nSPS) is 12.3. The quantitative estimate of drug-likeness (QED) is 0.794. The van der Waals surface area contributed by atoms with E-state index < -0.39 is 5.97 Å². The zero-order chi connectivity index (χ0) is 14.1. The highest BCUT2D eigenvalue weighted by molar-refractivity contribution is 6.31. The molecule has 0 aliphatic carbocycles. The summed E-state index contributed by atoms with van der Waals surface area (Å²) in [6.07, 6.45) is 0. The lowest BCUT2D eigenvalue weighted by Crippen LogP contribution is -2.03. The van der Waals surface area contributed by atoms with Gasteiger partial charge in [-0.1, -0.05) is 23.7 Å². The molecule has 4 nitrogen and oxygen atoms in total. The number of halogens is 1. The minimum atomic E-state index is -0.423. The van der Waals surface area contributed by atoms with Crippen LogP contribution in [0.4, 0.5) is 0 Å². The van der Waals surface area contributed by atoms with Crippen molar-refractivity contribution in [1.82, 2.24) is 0 Å². The monoisotopic (exact) mass is 290 g/mol. The summed E-state index contributed by atoms with van der Waals surface area (Å²) in [5.41, 5.74) is 1.84. The van der Waals surface area contributed by atoms with Crippen molar-refractivity contribution in [3.8, 4) is 22.6 Å². The van der Waals surface area contributed by atoms with Gasteiger partial charge in [-0.25, -0.2) is 4.79 Å². The highest BCUT2D eigenvalue weighted by Crippen LogP contribution is 2.42. The second-order valence-electron chi connectivity index (χ2n) is 4.22. The Balaban J connectivity index is 2.22. The second kappa shape index (κ2) is 5.06. The summed E-state index contributed by atoms with van der Waals surface area (Å²) in [6.45, 7) is 0.167. The van der Waals surface area contributed by atoms with E-state index in [1.807, 2.05) is 18.2 Å². The van der Waals surface area contributed by atoms with E-state index in [0.717, 1.165) is 5.56 Å². The summed E-state index contributed by atoms with van der Waals surface area (Å²) >= 11 is 6.04. The standard InChI is InChI=1S/C15H11ClO4/c1-18-15(17)11-6-5-9(16)7-12(11)10-3-2-4-13-14(10)20-8-19-13/h2-7H,8H2,1H3. The van der Waals surface area contributed by atoms with Gasteiger partial charge in [-0.05, 0) is 24.3 Å². The van der Waals surface area contributed by atoms with Crippen LogP contribution in [0.5, 0.6) is 11.5 Å². The third-order valence-corrected chi connectivity index (χ3v) is 3.31. The number of ether oxygens (including phenoxy) is 3. The maximum absolute atomic E-state index is 11.9. The topological polar surface area (TPSA) is 44.8 Å². The van der Waals surface area contributed by atoms with Gasteiger partial charge in [0.1, 0.15) is 0 Å². The highest BCUT2D eigenvalue weighted by atomic mass is 35.5. The van der Waals surface area contributed by atoms with Gasteiger partial charge < -0.3 is 14.2 Å². The number of rotatable bonds is 2. The minimum absolute atomic E-state index is 0.167. The SMILES string of the molecule is COC(=O)c1ccc(Cl)cc1-c1cccc2c1OCO2. The van der Waals surface area contributed by atoms with Crippen molar-refractivity contribution in [2.75, 3.05) is 13.9 Å². The van der Waals surface area contributed by atoms with E-state index in [-0.39, 0.29) is 6.79 Å². The van der Waals surface area contributed by atoms with Crippen molar-refractivity contribution in [2.24, 2.45) is 0 Å². The number of methoxy groups -OCH3 is 1. The Bertz CT molecular complexity index is 682. The van der Waals surface area contributed by atoms with E-state index in [2.05, 4.69) is 0 Å². The average Bonchev–Trinajstić information content (AvgIpc) is 2.94. The summed E-state index contributed by atoms with van der Waals surface area (Å²) in [5.74, 6) is 0.839. The Hall–Kier alpha value is -2.20. The molecule has 0 spiro atoms. The summed E-state index contributed by atoms with van der Waals surface area (Å²) in [7, 11) is 1.34. The molecule has 0 radical (unpaired) electrons. The lowest BCUT2D eigenvalue weighted by atomic mass is 9.98. The molecule has 0 fully saturated rings. The average molecular weight is 291 g/mol. The molecular weight excluding hydrogens is 280 g/mol. The van der Waals surface area contributed by atoms with Crippen LogP contribution in [0.2, 0.25) is 5.02 Å². The van der Waals surface area contributed by atoms with Gasteiger partial charge in [-0.15, -0.1) is 0 Å². The van der Waals surface area contributed by atoms with Crippen LogP contribution in [0.25, 0.3) is 11.1 Å². The molecular formula is C15H11ClO4. The van der Waals surface area contributed by atoms with E-state index in [0.29, 0.717) is 27.6 Å². The number of fused-ring (bicyclic) bond motifs is 1. The number of hydrogen-bond acceptors (Lipinski definition) is 4. The van der Waals surface area contributed by atoms with Crippen LogP contribution in [0, 0.1) is 0 Å². The Morgan fingerprint density at radius 3 is 2.85 bits per heavy atom. The number of esters is 1. The van der Waals surface area contributed by atoms with E-state index >= 15 is 0 Å². The number of benzene rings is 2. The van der Waals surface area contributed by atoms with Crippen LogP contribution in [0.3, 0.4) is 0 Å². The van der Waals surface area contributed by atoms with Crippen molar-refractivity contribution in [3.05, 3.63) is 47.0 Å². The fourth-order valence-corrected chi connectivity index (χ4v) is 2.34. The zero-order valence-electron chi connectivity index (χ0n) is 10.7. The first-order valence-electron chi connectivity index (χ1n) is 5.97. The van der Waals surface area contributed by atoms with Crippen molar-refractivity contribution in [3.63, 3.8) is 0 Å². The summed E-state index contributed by atoms with van der Waals surface area (Å²) in [5, 5.41) is 0.532. The molecule has 2 aromatic rings. The number of para-hydroxylation sites is 1. The molecule has 0 bridgehead atoms. The molecule has 1 aliphatic rings. The smallest absolute Gasteiger partial charge is 0.338 e. The Morgan fingerprint density at radius 2 is 2.05 bits per heavy atom. The largest absolute Gasteiger partial charge is 0.465 e.